The maximum absolute atomic E-state index is 17.7. The number of nitrogens with two attached hydrogens (primary N) is 1. The minimum absolute atomic E-state index is 0.0147. The van der Waals surface area contributed by atoms with E-state index >= 15 is 8.78 Å². The van der Waals surface area contributed by atoms with E-state index in [2.05, 4.69) is 10.6 Å². The lowest BCUT2D eigenvalue weighted by Crippen LogP contribution is -2.70. The lowest BCUT2D eigenvalue weighted by atomic mass is 9.44. The number of Topliss-reactive ketones (excluding diaryl/α,β-unsaturated/α-hetero) is 1. The fourth-order valence-electron chi connectivity index (χ4n) is 10.2. The van der Waals surface area contributed by atoms with Gasteiger partial charge in [0.2, 0.25) is 11.8 Å². The van der Waals surface area contributed by atoms with Gasteiger partial charge < -0.3 is 36.1 Å². The van der Waals surface area contributed by atoms with Crippen LogP contribution in [0.1, 0.15) is 69.9 Å². The van der Waals surface area contributed by atoms with Crippen molar-refractivity contribution in [2.24, 2.45) is 28.4 Å². The van der Waals surface area contributed by atoms with Gasteiger partial charge in [0.25, 0.3) is 0 Å². The lowest BCUT2D eigenvalue weighted by molar-refractivity contribution is -0.235. The fraction of sp³-hybridized carbons (Fsp3) is 0.512. The summed E-state index contributed by atoms with van der Waals surface area (Å²) >= 11 is 0. The molecule has 3 saturated carbocycles. The molecule has 1 heterocycles. The van der Waals surface area contributed by atoms with E-state index in [1.807, 2.05) is 42.5 Å². The molecular formula is C41H47F2N3O8. The van der Waals surface area contributed by atoms with E-state index in [1.54, 1.807) is 19.9 Å². The highest BCUT2D eigenvalue weighted by Crippen LogP contribution is 2.72. The first kappa shape index (κ1) is 38.1. The molecule has 2 amide bonds. The smallest absolute Gasteiger partial charge is 0.246 e. The number of benzene rings is 2. The van der Waals surface area contributed by atoms with Crippen LogP contribution >= 0.6 is 0 Å². The van der Waals surface area contributed by atoms with Gasteiger partial charge in [-0.25, -0.2) is 8.78 Å². The molecule has 2 aromatic carbocycles. The Balaban J connectivity index is 1.09. The molecule has 54 heavy (non-hydrogen) atoms. The van der Waals surface area contributed by atoms with E-state index in [0.29, 0.717) is 17.7 Å². The number of anilines is 1. The Kier molecular flexibility index (Phi) is 9.58. The van der Waals surface area contributed by atoms with Gasteiger partial charge in [-0.2, -0.15) is 0 Å². The number of carbonyl (C=O) groups excluding carboxylic acids is 4. The Morgan fingerprint density at radius 2 is 1.76 bits per heavy atom. The van der Waals surface area contributed by atoms with Crippen LogP contribution in [0.15, 0.2) is 72.3 Å². The van der Waals surface area contributed by atoms with Crippen molar-refractivity contribution in [1.82, 2.24) is 5.32 Å². The predicted octanol–water partition coefficient (Wildman–Crippen LogP) is 3.71. The van der Waals surface area contributed by atoms with Crippen LogP contribution in [0.2, 0.25) is 0 Å². The summed E-state index contributed by atoms with van der Waals surface area (Å²) in [5, 5.41) is 27.4. The maximum atomic E-state index is 17.7. The van der Waals surface area contributed by atoms with E-state index in [1.165, 1.54) is 26.0 Å². The molecule has 288 valence electrons. The first-order valence-corrected chi connectivity index (χ1v) is 18.5. The SMILES string of the molecule is C[C@H](N)C(=O)N[C@@H](C)C(=O)Nc1cccc(Cc2ccc([C@@H]3OC4C[C@H]5[C@@H]6C[C@H](F)C7=CC(=O)C=C[C@]7(C)[C@@]6(F)[C@@H](O)C[C@]5(C)[C@]4(C(=O)CO)O3)cc2)c1. The number of rotatable bonds is 9. The summed E-state index contributed by atoms with van der Waals surface area (Å²) in [5.41, 5.74) is 1.76. The number of aliphatic hydroxyl groups is 2. The van der Waals surface area contributed by atoms with E-state index in [4.69, 9.17) is 15.2 Å². The van der Waals surface area contributed by atoms with Crippen molar-refractivity contribution >= 4 is 29.1 Å². The van der Waals surface area contributed by atoms with Crippen molar-refractivity contribution in [2.75, 3.05) is 11.9 Å². The minimum atomic E-state index is -2.33. The van der Waals surface area contributed by atoms with Crippen molar-refractivity contribution in [2.45, 2.75) is 101 Å². The first-order chi connectivity index (χ1) is 25.5. The summed E-state index contributed by atoms with van der Waals surface area (Å²) in [5.74, 6) is -3.57. The van der Waals surface area contributed by atoms with E-state index in [0.717, 1.165) is 17.2 Å². The fourth-order valence-corrected chi connectivity index (χ4v) is 10.2. The highest BCUT2D eigenvalue weighted by Gasteiger charge is 2.80. The standard InChI is InChI=1S/C41H47F2N3O8/c1-21(44)35(51)45-22(2)36(52)46-26-7-5-6-24(15-26)14-23-8-10-25(11-9-23)37-53-34-18-28-29-17-31(42)30-16-27(48)12-13-38(30,3)40(29,43)32(49)19-39(28,4)41(34,54-37)33(50)20-47/h5-13,15-16,21-22,28-29,31-32,34,37,47,49H,14,17-20,44H2,1-4H3,(H,45,51)(H,46,52)/t21-,22-,28-,29-,31-,32-,34?,37+,38-,39-,40-,41+/m0/s1. The van der Waals surface area contributed by atoms with Gasteiger partial charge in [0.05, 0.1) is 18.2 Å². The average molecular weight is 748 g/mol. The highest BCUT2D eigenvalue weighted by molar-refractivity contribution is 6.01. The zero-order valence-corrected chi connectivity index (χ0v) is 30.7. The maximum Gasteiger partial charge on any atom is 0.246 e. The number of fused-ring (bicyclic) bond motifs is 7. The van der Waals surface area contributed by atoms with Crippen LogP contribution < -0.4 is 16.4 Å². The third kappa shape index (κ3) is 5.69. The molecule has 0 bridgehead atoms. The summed E-state index contributed by atoms with van der Waals surface area (Å²) < 4.78 is 46.6. The molecule has 0 aromatic heterocycles. The molecule has 5 aliphatic rings. The molecule has 11 nitrogen and oxygen atoms in total. The Bertz CT molecular complexity index is 1940. The molecule has 1 saturated heterocycles. The second-order valence-corrected chi connectivity index (χ2v) is 16.1. The number of ketones is 2. The molecule has 7 rings (SSSR count). The van der Waals surface area contributed by atoms with Crippen molar-refractivity contribution in [3.05, 3.63) is 89.0 Å². The Morgan fingerprint density at radius 1 is 1.04 bits per heavy atom. The molecule has 1 aliphatic heterocycles. The Morgan fingerprint density at radius 3 is 2.44 bits per heavy atom. The predicted molar refractivity (Wildman–Crippen MR) is 193 cm³/mol. The number of aliphatic hydroxyl groups excluding tert-OH is 2. The number of ether oxygens (including phenoxy) is 2. The monoisotopic (exact) mass is 747 g/mol. The third-order valence-electron chi connectivity index (χ3n) is 12.9. The minimum Gasteiger partial charge on any atom is -0.390 e. The third-order valence-corrected chi connectivity index (χ3v) is 12.9. The average Bonchev–Trinajstić information content (AvgIpc) is 3.63. The zero-order valence-electron chi connectivity index (χ0n) is 30.7. The van der Waals surface area contributed by atoms with Crippen molar-refractivity contribution in [3.63, 3.8) is 0 Å². The van der Waals surface area contributed by atoms with Gasteiger partial charge in [0.15, 0.2) is 29.1 Å². The number of nitrogens with one attached hydrogen (secondary N) is 2. The van der Waals surface area contributed by atoms with Crippen LogP contribution in [-0.4, -0.2) is 81.9 Å². The Hall–Kier alpha value is -4.14. The molecule has 4 aliphatic carbocycles. The zero-order chi connectivity index (χ0) is 39.0. The highest BCUT2D eigenvalue weighted by atomic mass is 19.1. The Labute approximate surface area is 312 Å². The summed E-state index contributed by atoms with van der Waals surface area (Å²) in [6, 6.07) is 13.2. The largest absolute Gasteiger partial charge is 0.390 e. The van der Waals surface area contributed by atoms with Crippen LogP contribution in [-0.2, 0) is 35.1 Å². The van der Waals surface area contributed by atoms with E-state index in [-0.39, 0.29) is 30.7 Å². The summed E-state index contributed by atoms with van der Waals surface area (Å²) in [4.78, 5) is 50.6. The lowest BCUT2D eigenvalue weighted by Gasteiger charge is -2.63. The van der Waals surface area contributed by atoms with Crippen molar-refractivity contribution in [3.8, 4) is 0 Å². The number of halogens is 2. The van der Waals surface area contributed by atoms with E-state index < -0.39 is 94.8 Å². The topological polar surface area (TPSA) is 177 Å². The summed E-state index contributed by atoms with van der Waals surface area (Å²) in [7, 11) is 0. The molecule has 12 atom stereocenters. The van der Waals surface area contributed by atoms with Gasteiger partial charge in [-0.3, -0.25) is 19.2 Å². The van der Waals surface area contributed by atoms with Gasteiger partial charge in [-0.15, -0.1) is 0 Å². The first-order valence-electron chi connectivity index (χ1n) is 18.5. The molecule has 0 spiro atoms. The quantitative estimate of drug-likeness (QED) is 0.256. The van der Waals surface area contributed by atoms with Crippen molar-refractivity contribution < 1.29 is 47.6 Å². The van der Waals surface area contributed by atoms with E-state index in [9.17, 15) is 29.4 Å². The van der Waals surface area contributed by atoms with Crippen LogP contribution in [0.25, 0.3) is 0 Å². The second-order valence-electron chi connectivity index (χ2n) is 16.1. The van der Waals surface area contributed by atoms with Gasteiger partial charge in [-0.05, 0) is 93.4 Å². The van der Waals surface area contributed by atoms with Crippen LogP contribution in [0.4, 0.5) is 14.5 Å². The van der Waals surface area contributed by atoms with Crippen LogP contribution in [0.3, 0.4) is 0 Å². The number of carbonyl (C=O) groups is 4. The second kappa shape index (κ2) is 13.6. The number of amides is 2. The molecule has 13 heteroatoms. The number of hydrogen-bond acceptors (Lipinski definition) is 9. The summed E-state index contributed by atoms with van der Waals surface area (Å²) in [6.07, 6.45) is -1.26. The molecule has 4 fully saturated rings. The van der Waals surface area contributed by atoms with Gasteiger partial charge in [0.1, 0.15) is 18.8 Å². The van der Waals surface area contributed by atoms with Gasteiger partial charge in [0, 0.05) is 28.0 Å². The van der Waals surface area contributed by atoms with Gasteiger partial charge >= 0.3 is 0 Å². The summed E-state index contributed by atoms with van der Waals surface area (Å²) in [6.45, 7) is 5.51. The number of alkyl halides is 2. The van der Waals surface area contributed by atoms with Gasteiger partial charge in [-0.1, -0.05) is 49.4 Å². The van der Waals surface area contributed by atoms with Crippen LogP contribution in [0.5, 0.6) is 0 Å². The number of hydrogen-bond donors (Lipinski definition) is 5. The normalized spacial score (nSPS) is 37.6. The molecule has 6 N–H and O–H groups in total. The molecular weight excluding hydrogens is 700 g/mol. The molecule has 0 radical (unpaired) electrons. The molecule has 2 aromatic rings. The number of allylic oxidation sites excluding steroid dienone is 4. The van der Waals surface area contributed by atoms with Crippen molar-refractivity contribution in [1.29, 1.82) is 0 Å². The molecule has 1 unspecified atom stereocenters. The van der Waals surface area contributed by atoms with Crippen LogP contribution in [0, 0.1) is 22.7 Å².